The molecule has 0 aliphatic rings. The van der Waals surface area contributed by atoms with E-state index in [2.05, 4.69) is 0 Å². The van der Waals surface area contributed by atoms with Crippen LogP contribution in [0, 0.1) is 0 Å². The van der Waals surface area contributed by atoms with Crippen LogP contribution in [0.4, 0.5) is 5.69 Å². The highest BCUT2D eigenvalue weighted by molar-refractivity contribution is 6.11. The highest BCUT2D eigenvalue weighted by Crippen LogP contribution is 2.29. The number of para-hydroxylation sites is 1. The van der Waals surface area contributed by atoms with Crippen LogP contribution in [0.5, 0.6) is 17.2 Å². The van der Waals surface area contributed by atoms with Gasteiger partial charge in [-0.15, -0.1) is 0 Å². The molecule has 3 aromatic rings. The van der Waals surface area contributed by atoms with Gasteiger partial charge < -0.3 is 15.6 Å². The molecule has 0 bridgehead atoms. The number of hydrogen-bond donors (Lipinski definition) is 2. The van der Waals surface area contributed by atoms with Crippen molar-refractivity contribution in [2.24, 2.45) is 0 Å². The number of ether oxygens (including phenoxy) is 1. The van der Waals surface area contributed by atoms with Crippen LogP contribution in [0.1, 0.15) is 15.9 Å². The van der Waals surface area contributed by atoms with E-state index < -0.39 is 0 Å². The first-order chi connectivity index (χ1) is 11.1. The van der Waals surface area contributed by atoms with Gasteiger partial charge in [-0.3, -0.25) is 4.79 Å². The van der Waals surface area contributed by atoms with E-state index in [0.29, 0.717) is 22.7 Å². The summed E-state index contributed by atoms with van der Waals surface area (Å²) in [6.07, 6.45) is 0. The maximum atomic E-state index is 12.6. The second-order valence-electron chi connectivity index (χ2n) is 5.05. The average Bonchev–Trinajstić information content (AvgIpc) is 2.57. The van der Waals surface area contributed by atoms with Crippen molar-refractivity contribution >= 4 is 11.5 Å². The zero-order chi connectivity index (χ0) is 16.2. The summed E-state index contributed by atoms with van der Waals surface area (Å²) in [6, 6.07) is 20.4. The Morgan fingerprint density at radius 1 is 0.870 bits per heavy atom. The Bertz CT molecular complexity index is 844. The fraction of sp³-hybridized carbons (Fsp3) is 0. The normalized spacial score (nSPS) is 10.3. The second-order valence-corrected chi connectivity index (χ2v) is 5.05. The van der Waals surface area contributed by atoms with Crippen molar-refractivity contribution in [3.05, 3.63) is 83.9 Å². The molecule has 0 atom stereocenters. The van der Waals surface area contributed by atoms with Crippen LogP contribution in [0.2, 0.25) is 0 Å². The van der Waals surface area contributed by atoms with Crippen LogP contribution >= 0.6 is 0 Å². The highest BCUT2D eigenvalue weighted by atomic mass is 16.5. The van der Waals surface area contributed by atoms with Gasteiger partial charge in [0.2, 0.25) is 0 Å². The summed E-state index contributed by atoms with van der Waals surface area (Å²) >= 11 is 0. The Kier molecular flexibility index (Phi) is 3.97. The molecule has 0 radical (unpaired) electrons. The number of benzene rings is 3. The van der Waals surface area contributed by atoms with E-state index >= 15 is 0 Å². The van der Waals surface area contributed by atoms with Gasteiger partial charge in [0, 0.05) is 11.3 Å². The average molecular weight is 305 g/mol. The van der Waals surface area contributed by atoms with E-state index in [1.54, 1.807) is 30.3 Å². The first-order valence-electron chi connectivity index (χ1n) is 7.09. The SMILES string of the molecule is Nc1cccc(C(=O)c2cc(Oc3ccccc3)ccc2O)c1. The van der Waals surface area contributed by atoms with E-state index in [9.17, 15) is 9.90 Å². The molecule has 0 aliphatic carbocycles. The van der Waals surface area contributed by atoms with Gasteiger partial charge in [0.05, 0.1) is 5.56 Å². The molecule has 114 valence electrons. The molecule has 0 aliphatic heterocycles. The topological polar surface area (TPSA) is 72.6 Å². The first kappa shape index (κ1) is 14.7. The lowest BCUT2D eigenvalue weighted by molar-refractivity contribution is 0.103. The molecule has 3 N–H and O–H groups in total. The number of nitrogens with two attached hydrogens (primary N) is 1. The number of carbonyl (C=O) groups excluding carboxylic acids is 1. The van der Waals surface area contributed by atoms with Crippen molar-refractivity contribution in [2.45, 2.75) is 0 Å². The van der Waals surface area contributed by atoms with Crippen molar-refractivity contribution < 1.29 is 14.6 Å². The van der Waals surface area contributed by atoms with Crippen LogP contribution in [0.25, 0.3) is 0 Å². The molecule has 0 spiro atoms. The molecule has 0 saturated heterocycles. The molecule has 0 unspecified atom stereocenters. The van der Waals surface area contributed by atoms with E-state index in [0.717, 1.165) is 0 Å². The van der Waals surface area contributed by atoms with E-state index in [-0.39, 0.29) is 17.1 Å². The molecule has 0 aromatic heterocycles. The molecule has 0 amide bonds. The lowest BCUT2D eigenvalue weighted by Gasteiger charge is -2.09. The Morgan fingerprint density at radius 2 is 1.65 bits per heavy atom. The predicted molar refractivity (Wildman–Crippen MR) is 88.9 cm³/mol. The van der Waals surface area contributed by atoms with Gasteiger partial charge in [-0.05, 0) is 42.5 Å². The predicted octanol–water partition coefficient (Wildman–Crippen LogP) is 4.00. The van der Waals surface area contributed by atoms with Gasteiger partial charge in [0.1, 0.15) is 17.2 Å². The fourth-order valence-corrected chi connectivity index (χ4v) is 2.22. The first-order valence-corrected chi connectivity index (χ1v) is 7.09. The zero-order valence-corrected chi connectivity index (χ0v) is 12.3. The highest BCUT2D eigenvalue weighted by Gasteiger charge is 2.15. The maximum absolute atomic E-state index is 12.6. The van der Waals surface area contributed by atoms with Crippen LogP contribution in [-0.4, -0.2) is 10.9 Å². The minimum absolute atomic E-state index is 0.0992. The number of hydrogen-bond acceptors (Lipinski definition) is 4. The van der Waals surface area contributed by atoms with E-state index in [1.165, 1.54) is 12.1 Å². The second kappa shape index (κ2) is 6.23. The summed E-state index contributed by atoms with van der Waals surface area (Å²) < 4.78 is 5.70. The molecule has 0 heterocycles. The monoisotopic (exact) mass is 305 g/mol. The molecule has 3 rings (SSSR count). The number of ketones is 1. The van der Waals surface area contributed by atoms with Crippen molar-refractivity contribution in [2.75, 3.05) is 5.73 Å². The number of aromatic hydroxyl groups is 1. The largest absolute Gasteiger partial charge is 0.507 e. The quantitative estimate of drug-likeness (QED) is 0.564. The summed E-state index contributed by atoms with van der Waals surface area (Å²) in [4.78, 5) is 12.6. The standard InChI is InChI=1S/C19H15NO3/c20-14-6-4-5-13(11-14)19(22)17-12-16(9-10-18(17)21)23-15-7-2-1-3-8-15/h1-12,21H,20H2. The molecule has 3 aromatic carbocycles. The van der Waals surface area contributed by atoms with E-state index in [4.69, 9.17) is 10.5 Å². The Hall–Kier alpha value is -3.27. The van der Waals surface area contributed by atoms with Crippen molar-refractivity contribution in [3.8, 4) is 17.2 Å². The van der Waals surface area contributed by atoms with Crippen LogP contribution < -0.4 is 10.5 Å². The lowest BCUT2D eigenvalue weighted by atomic mass is 10.0. The van der Waals surface area contributed by atoms with Crippen molar-refractivity contribution in [3.63, 3.8) is 0 Å². The van der Waals surface area contributed by atoms with Gasteiger partial charge in [-0.25, -0.2) is 0 Å². The molecule has 4 nitrogen and oxygen atoms in total. The molecular formula is C19H15NO3. The summed E-state index contributed by atoms with van der Waals surface area (Å²) in [5.74, 6) is 0.716. The summed E-state index contributed by atoms with van der Waals surface area (Å²) in [6.45, 7) is 0. The Morgan fingerprint density at radius 3 is 2.39 bits per heavy atom. The molecule has 0 saturated carbocycles. The van der Waals surface area contributed by atoms with Gasteiger partial charge in [0.25, 0.3) is 0 Å². The van der Waals surface area contributed by atoms with E-state index in [1.807, 2.05) is 30.3 Å². The van der Waals surface area contributed by atoms with Gasteiger partial charge in [-0.2, -0.15) is 0 Å². The van der Waals surface area contributed by atoms with Crippen molar-refractivity contribution in [1.82, 2.24) is 0 Å². The van der Waals surface area contributed by atoms with Crippen LogP contribution in [0.15, 0.2) is 72.8 Å². The van der Waals surface area contributed by atoms with Crippen molar-refractivity contribution in [1.29, 1.82) is 0 Å². The third-order valence-electron chi connectivity index (χ3n) is 3.34. The summed E-state index contributed by atoms with van der Waals surface area (Å²) in [7, 11) is 0. The third-order valence-corrected chi connectivity index (χ3v) is 3.34. The number of anilines is 1. The number of carbonyl (C=O) groups is 1. The lowest BCUT2D eigenvalue weighted by Crippen LogP contribution is -2.03. The summed E-state index contributed by atoms with van der Waals surface area (Å²) in [5.41, 5.74) is 6.78. The number of phenolic OH excluding ortho intramolecular Hbond substituents is 1. The van der Waals surface area contributed by atoms with Crippen LogP contribution in [-0.2, 0) is 0 Å². The molecule has 4 heteroatoms. The van der Waals surface area contributed by atoms with Gasteiger partial charge >= 0.3 is 0 Å². The van der Waals surface area contributed by atoms with Gasteiger partial charge in [-0.1, -0.05) is 30.3 Å². The number of nitrogen functional groups attached to an aromatic ring is 1. The minimum Gasteiger partial charge on any atom is -0.507 e. The smallest absolute Gasteiger partial charge is 0.196 e. The zero-order valence-electron chi connectivity index (χ0n) is 12.3. The summed E-state index contributed by atoms with van der Waals surface area (Å²) in [5, 5.41) is 9.99. The Labute approximate surface area is 133 Å². The molecule has 0 fully saturated rings. The number of phenols is 1. The molecular weight excluding hydrogens is 290 g/mol. The number of rotatable bonds is 4. The Balaban J connectivity index is 1.93. The maximum Gasteiger partial charge on any atom is 0.196 e. The van der Waals surface area contributed by atoms with Crippen LogP contribution in [0.3, 0.4) is 0 Å². The molecule has 23 heavy (non-hydrogen) atoms. The fourth-order valence-electron chi connectivity index (χ4n) is 2.22. The minimum atomic E-state index is -0.312. The third kappa shape index (κ3) is 3.32. The van der Waals surface area contributed by atoms with Gasteiger partial charge in [0.15, 0.2) is 5.78 Å².